The number of unbranched alkanes of at least 4 members (excludes halogenated alkanes) is 1. The number of carboxylic acids is 1. The average molecular weight is 386 g/mol. The van der Waals surface area contributed by atoms with Crippen LogP contribution in [0.4, 0.5) is 0 Å². The molecule has 28 heavy (non-hydrogen) atoms. The van der Waals surface area contributed by atoms with Gasteiger partial charge in [0.15, 0.2) is 6.61 Å². The Kier molecular flexibility index (Phi) is 6.02. The molecule has 0 radical (unpaired) electrons. The van der Waals surface area contributed by atoms with Crippen molar-refractivity contribution in [2.45, 2.75) is 58.4 Å². The molecular formula is C21H24NO6-. The summed E-state index contributed by atoms with van der Waals surface area (Å²) in [7, 11) is 0. The molecule has 1 N–H and O–H groups in total. The number of aryl methyl sites for hydroxylation is 2. The molecule has 1 atom stereocenters. The van der Waals surface area contributed by atoms with E-state index in [1.54, 1.807) is 13.0 Å². The number of carboxylic acid groups (broad SMARTS) is 1. The molecule has 1 aromatic carbocycles. The fraction of sp³-hybridized carbons (Fsp3) is 0.476. The zero-order valence-electron chi connectivity index (χ0n) is 16.1. The van der Waals surface area contributed by atoms with Crippen LogP contribution in [0.1, 0.15) is 49.3 Å². The van der Waals surface area contributed by atoms with Crippen molar-refractivity contribution in [3.63, 3.8) is 0 Å². The molecule has 0 saturated heterocycles. The number of carbonyl (C=O) groups excluding carboxylic acids is 2. The van der Waals surface area contributed by atoms with E-state index >= 15 is 0 Å². The predicted octanol–water partition coefficient (Wildman–Crippen LogP) is 1.39. The third-order valence-corrected chi connectivity index (χ3v) is 5.17. The first-order valence-electron chi connectivity index (χ1n) is 9.63. The van der Waals surface area contributed by atoms with Gasteiger partial charge >= 0.3 is 5.63 Å². The molecule has 1 aliphatic carbocycles. The van der Waals surface area contributed by atoms with Gasteiger partial charge in [-0.1, -0.05) is 19.8 Å². The van der Waals surface area contributed by atoms with Crippen molar-refractivity contribution in [3.05, 3.63) is 39.2 Å². The Balaban J connectivity index is 1.73. The fourth-order valence-electron chi connectivity index (χ4n) is 3.66. The second-order valence-corrected chi connectivity index (χ2v) is 7.14. The number of benzene rings is 1. The minimum absolute atomic E-state index is 0.314. The van der Waals surface area contributed by atoms with Crippen LogP contribution < -0.4 is 20.8 Å². The number of aliphatic carboxylic acids is 1. The van der Waals surface area contributed by atoms with Crippen LogP contribution in [0.25, 0.3) is 11.0 Å². The van der Waals surface area contributed by atoms with Gasteiger partial charge < -0.3 is 24.4 Å². The Morgan fingerprint density at radius 3 is 2.75 bits per heavy atom. The smallest absolute Gasteiger partial charge is 0.339 e. The third-order valence-electron chi connectivity index (χ3n) is 5.17. The number of rotatable bonds is 8. The maximum atomic E-state index is 12.2. The van der Waals surface area contributed by atoms with Crippen molar-refractivity contribution in [1.29, 1.82) is 0 Å². The monoisotopic (exact) mass is 386 g/mol. The molecule has 0 aliphatic heterocycles. The van der Waals surface area contributed by atoms with E-state index < -0.39 is 17.9 Å². The molecule has 7 nitrogen and oxygen atoms in total. The quantitative estimate of drug-likeness (QED) is 0.687. The lowest BCUT2D eigenvalue weighted by atomic mass is 10.0. The fourth-order valence-corrected chi connectivity index (χ4v) is 3.66. The summed E-state index contributed by atoms with van der Waals surface area (Å²) in [5.74, 6) is -1.43. The van der Waals surface area contributed by atoms with Gasteiger partial charge in [0, 0.05) is 16.5 Å². The Morgan fingerprint density at radius 1 is 1.29 bits per heavy atom. The zero-order valence-corrected chi connectivity index (χ0v) is 16.1. The number of amides is 1. The molecule has 0 fully saturated rings. The van der Waals surface area contributed by atoms with E-state index in [4.69, 9.17) is 9.15 Å². The normalized spacial score (nSPS) is 13.9. The second kappa shape index (κ2) is 8.46. The standard InChI is InChI=1S/C21H25NO6/c1-3-4-8-16(20(24)25)22-18(23)11-27-17-10-9-14-13-6-5-7-15(13)21(26)28-19(14)12(17)2/h9-10,16H,3-8,11H2,1-2H3,(H,22,23)(H,24,25)/p-1/t16-/m1/s1. The highest BCUT2D eigenvalue weighted by Gasteiger charge is 2.21. The van der Waals surface area contributed by atoms with Gasteiger partial charge in [-0.05, 0) is 50.3 Å². The summed E-state index contributed by atoms with van der Waals surface area (Å²) in [6.07, 6.45) is 4.34. The lowest BCUT2D eigenvalue weighted by Gasteiger charge is -2.19. The van der Waals surface area contributed by atoms with Crippen LogP contribution in [0.2, 0.25) is 0 Å². The minimum atomic E-state index is -1.31. The highest BCUT2D eigenvalue weighted by Crippen LogP contribution is 2.32. The topological polar surface area (TPSA) is 109 Å². The molecule has 150 valence electrons. The van der Waals surface area contributed by atoms with E-state index in [-0.39, 0.29) is 12.2 Å². The van der Waals surface area contributed by atoms with E-state index in [0.29, 0.717) is 29.7 Å². The first-order chi connectivity index (χ1) is 13.4. The summed E-state index contributed by atoms with van der Waals surface area (Å²) in [5, 5.41) is 14.5. The lowest BCUT2D eigenvalue weighted by Crippen LogP contribution is -2.49. The molecule has 0 unspecified atom stereocenters. The number of hydrogen-bond acceptors (Lipinski definition) is 6. The van der Waals surface area contributed by atoms with Crippen LogP contribution in [-0.2, 0) is 22.4 Å². The lowest BCUT2D eigenvalue weighted by molar-refractivity contribution is -0.308. The number of nitrogens with one attached hydrogen (secondary N) is 1. The summed E-state index contributed by atoms with van der Waals surface area (Å²) >= 11 is 0. The van der Waals surface area contributed by atoms with Crippen LogP contribution in [-0.4, -0.2) is 24.5 Å². The zero-order chi connectivity index (χ0) is 20.3. The molecule has 0 bridgehead atoms. The van der Waals surface area contributed by atoms with Crippen molar-refractivity contribution in [2.75, 3.05) is 6.61 Å². The van der Waals surface area contributed by atoms with Crippen molar-refractivity contribution in [1.82, 2.24) is 5.32 Å². The first-order valence-corrected chi connectivity index (χ1v) is 9.63. The Hall–Kier alpha value is -2.83. The molecule has 1 aliphatic rings. The van der Waals surface area contributed by atoms with Gasteiger partial charge in [-0.3, -0.25) is 4.79 Å². The predicted molar refractivity (Wildman–Crippen MR) is 101 cm³/mol. The van der Waals surface area contributed by atoms with Gasteiger partial charge in [-0.2, -0.15) is 0 Å². The Labute approximate surface area is 162 Å². The molecule has 7 heteroatoms. The highest BCUT2D eigenvalue weighted by atomic mass is 16.5. The molecule has 1 amide bonds. The third kappa shape index (κ3) is 4.03. The van der Waals surface area contributed by atoms with Crippen molar-refractivity contribution < 1.29 is 23.8 Å². The van der Waals surface area contributed by atoms with Crippen LogP contribution in [0.15, 0.2) is 21.3 Å². The van der Waals surface area contributed by atoms with E-state index in [1.165, 1.54) is 0 Å². The first kappa shape index (κ1) is 19.9. The Bertz CT molecular complexity index is 962. The number of hydrogen-bond donors (Lipinski definition) is 1. The molecule has 1 heterocycles. The van der Waals surface area contributed by atoms with Crippen LogP contribution in [0.5, 0.6) is 5.75 Å². The highest BCUT2D eigenvalue weighted by molar-refractivity contribution is 5.87. The second-order valence-electron chi connectivity index (χ2n) is 7.14. The van der Waals surface area contributed by atoms with Crippen molar-refractivity contribution in [3.8, 4) is 5.75 Å². The van der Waals surface area contributed by atoms with Crippen LogP contribution >= 0.6 is 0 Å². The van der Waals surface area contributed by atoms with Crippen molar-refractivity contribution in [2.24, 2.45) is 0 Å². The maximum Gasteiger partial charge on any atom is 0.339 e. The number of ether oxygens (including phenoxy) is 1. The van der Waals surface area contributed by atoms with Gasteiger partial charge in [-0.15, -0.1) is 0 Å². The largest absolute Gasteiger partial charge is 0.548 e. The minimum Gasteiger partial charge on any atom is -0.548 e. The molecule has 1 aromatic heterocycles. The SMILES string of the molecule is CCCC[C@@H](NC(=O)COc1ccc2c3c(c(=O)oc2c1C)CCC3)C(=O)[O-]. The van der Waals surface area contributed by atoms with E-state index in [2.05, 4.69) is 5.32 Å². The van der Waals surface area contributed by atoms with E-state index in [1.807, 2.05) is 13.0 Å². The molecular weight excluding hydrogens is 362 g/mol. The van der Waals surface area contributed by atoms with Crippen molar-refractivity contribution >= 4 is 22.8 Å². The molecule has 3 rings (SSSR count). The summed E-state index contributed by atoms with van der Waals surface area (Å²) in [6, 6.07) is 2.56. The number of carbonyl (C=O) groups is 2. The maximum absolute atomic E-state index is 12.2. The van der Waals surface area contributed by atoms with Crippen LogP contribution in [0.3, 0.4) is 0 Å². The summed E-state index contributed by atoms with van der Waals surface area (Å²) in [6.45, 7) is 3.37. The summed E-state index contributed by atoms with van der Waals surface area (Å²) in [4.78, 5) is 35.4. The Morgan fingerprint density at radius 2 is 2.04 bits per heavy atom. The summed E-state index contributed by atoms with van der Waals surface area (Å²) in [5.41, 5.74) is 2.58. The molecule has 0 saturated carbocycles. The number of fused-ring (bicyclic) bond motifs is 3. The van der Waals surface area contributed by atoms with Gasteiger partial charge in [0.25, 0.3) is 5.91 Å². The molecule has 2 aromatic rings. The average Bonchev–Trinajstić information content (AvgIpc) is 3.16. The van der Waals surface area contributed by atoms with Gasteiger partial charge in [0.1, 0.15) is 11.3 Å². The van der Waals surface area contributed by atoms with Gasteiger partial charge in [0.05, 0.1) is 12.0 Å². The summed E-state index contributed by atoms with van der Waals surface area (Å²) < 4.78 is 11.1. The van der Waals surface area contributed by atoms with E-state index in [9.17, 15) is 19.5 Å². The van der Waals surface area contributed by atoms with Gasteiger partial charge in [-0.25, -0.2) is 4.79 Å². The molecule has 0 spiro atoms. The van der Waals surface area contributed by atoms with E-state index in [0.717, 1.165) is 42.2 Å². The van der Waals surface area contributed by atoms with Gasteiger partial charge in [0.2, 0.25) is 0 Å². The van der Waals surface area contributed by atoms with Crippen LogP contribution in [0, 0.1) is 6.92 Å².